The fourth-order valence-electron chi connectivity index (χ4n) is 1.95. The summed E-state index contributed by atoms with van der Waals surface area (Å²) in [4.78, 5) is 0.249. The second kappa shape index (κ2) is 6.89. The zero-order valence-corrected chi connectivity index (χ0v) is 12.1. The third kappa shape index (κ3) is 4.64. The Morgan fingerprint density at radius 1 is 1.25 bits per heavy atom. The molecule has 0 amide bonds. The SMILES string of the molecule is O=S(=O)(NCCCC1CC1)c1ccc(C#CCO)cc1. The van der Waals surface area contributed by atoms with E-state index in [2.05, 4.69) is 16.6 Å². The van der Waals surface area contributed by atoms with Crippen molar-refractivity contribution in [1.82, 2.24) is 4.72 Å². The number of aliphatic hydroxyl groups is 1. The summed E-state index contributed by atoms with van der Waals surface area (Å²) in [6.45, 7) is 0.285. The van der Waals surface area contributed by atoms with Gasteiger partial charge >= 0.3 is 0 Å². The molecule has 0 saturated heterocycles. The number of hydrogen-bond donors (Lipinski definition) is 2. The topological polar surface area (TPSA) is 66.4 Å². The van der Waals surface area contributed by atoms with Crippen LogP contribution < -0.4 is 4.72 Å². The van der Waals surface area contributed by atoms with Crippen molar-refractivity contribution in [2.24, 2.45) is 5.92 Å². The molecule has 0 atom stereocenters. The maximum Gasteiger partial charge on any atom is 0.240 e. The van der Waals surface area contributed by atoms with E-state index in [0.29, 0.717) is 12.1 Å². The van der Waals surface area contributed by atoms with Crippen molar-refractivity contribution in [2.45, 2.75) is 30.6 Å². The fraction of sp³-hybridized carbons (Fsp3) is 0.467. The molecule has 5 heteroatoms. The molecule has 0 spiro atoms. The first-order valence-electron chi connectivity index (χ1n) is 6.81. The Hall–Kier alpha value is -1.35. The van der Waals surface area contributed by atoms with Gasteiger partial charge in [-0.1, -0.05) is 24.7 Å². The highest BCUT2D eigenvalue weighted by Crippen LogP contribution is 2.33. The van der Waals surface area contributed by atoms with E-state index >= 15 is 0 Å². The van der Waals surface area contributed by atoms with Crippen LogP contribution in [0.5, 0.6) is 0 Å². The minimum Gasteiger partial charge on any atom is -0.384 e. The number of nitrogens with one attached hydrogen (secondary N) is 1. The Kier molecular flexibility index (Phi) is 5.18. The lowest BCUT2D eigenvalue weighted by atomic mass is 10.2. The molecular weight excluding hydrogens is 274 g/mol. The van der Waals surface area contributed by atoms with Crippen LogP contribution >= 0.6 is 0 Å². The van der Waals surface area contributed by atoms with Gasteiger partial charge in [0, 0.05) is 12.1 Å². The van der Waals surface area contributed by atoms with Crippen molar-refractivity contribution < 1.29 is 13.5 Å². The highest BCUT2D eigenvalue weighted by atomic mass is 32.2. The highest BCUT2D eigenvalue weighted by Gasteiger charge is 2.20. The third-order valence-electron chi connectivity index (χ3n) is 3.25. The molecule has 1 aliphatic rings. The van der Waals surface area contributed by atoms with E-state index in [1.54, 1.807) is 12.1 Å². The molecule has 20 heavy (non-hydrogen) atoms. The smallest absolute Gasteiger partial charge is 0.240 e. The number of benzene rings is 1. The first-order chi connectivity index (χ1) is 9.62. The molecule has 1 fully saturated rings. The Morgan fingerprint density at radius 2 is 1.95 bits per heavy atom. The van der Waals surface area contributed by atoms with Crippen molar-refractivity contribution in [1.29, 1.82) is 0 Å². The summed E-state index contributed by atoms with van der Waals surface area (Å²) in [5.41, 5.74) is 0.687. The van der Waals surface area contributed by atoms with Crippen molar-refractivity contribution in [3.05, 3.63) is 29.8 Å². The van der Waals surface area contributed by atoms with E-state index in [1.165, 1.54) is 25.0 Å². The van der Waals surface area contributed by atoms with Crippen molar-refractivity contribution in [3.63, 3.8) is 0 Å². The van der Waals surface area contributed by atoms with Gasteiger partial charge in [-0.3, -0.25) is 0 Å². The highest BCUT2D eigenvalue weighted by molar-refractivity contribution is 7.89. The van der Waals surface area contributed by atoms with Gasteiger partial charge < -0.3 is 5.11 Å². The molecule has 1 saturated carbocycles. The normalized spacial score (nSPS) is 14.7. The predicted octanol–water partition coefficient (Wildman–Crippen LogP) is 1.50. The average Bonchev–Trinajstić information content (AvgIpc) is 3.26. The van der Waals surface area contributed by atoms with E-state index in [0.717, 1.165) is 18.8 Å². The average molecular weight is 293 g/mol. The predicted molar refractivity (Wildman–Crippen MR) is 77.6 cm³/mol. The minimum absolute atomic E-state index is 0.206. The molecule has 1 aromatic rings. The standard InChI is InChI=1S/C15H19NO3S/c17-12-2-4-14-7-9-15(10-8-14)20(18,19)16-11-1-3-13-5-6-13/h7-10,13,16-17H,1,3,5-6,11-12H2. The largest absolute Gasteiger partial charge is 0.384 e. The first kappa shape index (κ1) is 15.0. The Morgan fingerprint density at radius 3 is 2.55 bits per heavy atom. The molecule has 0 radical (unpaired) electrons. The summed E-state index contributed by atoms with van der Waals surface area (Å²) >= 11 is 0. The summed E-state index contributed by atoms with van der Waals surface area (Å²) < 4.78 is 26.7. The van der Waals surface area contributed by atoms with Crippen molar-refractivity contribution in [3.8, 4) is 11.8 Å². The molecule has 0 unspecified atom stereocenters. The van der Waals surface area contributed by atoms with Gasteiger partial charge in [-0.2, -0.15) is 0 Å². The van der Waals surface area contributed by atoms with Crippen LogP contribution in [0.3, 0.4) is 0 Å². The third-order valence-corrected chi connectivity index (χ3v) is 4.73. The molecule has 1 aromatic carbocycles. The fourth-order valence-corrected chi connectivity index (χ4v) is 3.02. The number of aliphatic hydroxyl groups excluding tert-OH is 1. The van der Waals surface area contributed by atoms with Gasteiger partial charge in [0.25, 0.3) is 0 Å². The van der Waals surface area contributed by atoms with Crippen molar-refractivity contribution >= 4 is 10.0 Å². The quantitative estimate of drug-likeness (QED) is 0.617. The van der Waals surface area contributed by atoms with Crippen LogP contribution in [0.25, 0.3) is 0 Å². The van der Waals surface area contributed by atoms with Crippen LogP contribution in [0.15, 0.2) is 29.2 Å². The molecule has 4 nitrogen and oxygen atoms in total. The lowest BCUT2D eigenvalue weighted by Gasteiger charge is -2.06. The Balaban J connectivity index is 1.90. The molecule has 0 heterocycles. The van der Waals surface area contributed by atoms with Gasteiger partial charge in [0.2, 0.25) is 10.0 Å². The van der Waals surface area contributed by atoms with Crippen LogP contribution in [0, 0.1) is 17.8 Å². The molecule has 2 rings (SSSR count). The summed E-state index contributed by atoms with van der Waals surface area (Å²) in [5.74, 6) is 6.07. The summed E-state index contributed by atoms with van der Waals surface area (Å²) in [6.07, 6.45) is 4.59. The number of rotatable bonds is 6. The monoisotopic (exact) mass is 293 g/mol. The molecular formula is C15H19NO3S. The van der Waals surface area contributed by atoms with E-state index in [-0.39, 0.29) is 11.5 Å². The molecule has 0 aromatic heterocycles. The number of hydrogen-bond acceptors (Lipinski definition) is 3. The van der Waals surface area contributed by atoms with Gasteiger partial charge in [0.15, 0.2) is 0 Å². The molecule has 1 aliphatic carbocycles. The lowest BCUT2D eigenvalue weighted by Crippen LogP contribution is -2.24. The van der Waals surface area contributed by atoms with Gasteiger partial charge in [-0.25, -0.2) is 13.1 Å². The molecule has 0 bridgehead atoms. The van der Waals surface area contributed by atoms with Crippen LogP contribution in [0.2, 0.25) is 0 Å². The zero-order valence-electron chi connectivity index (χ0n) is 11.3. The second-order valence-corrected chi connectivity index (χ2v) is 6.73. The van der Waals surface area contributed by atoms with Crippen LogP contribution in [-0.4, -0.2) is 26.7 Å². The molecule has 108 valence electrons. The van der Waals surface area contributed by atoms with Gasteiger partial charge in [0.05, 0.1) is 4.90 Å². The van der Waals surface area contributed by atoms with Gasteiger partial charge in [-0.05, 0) is 43.0 Å². The van der Waals surface area contributed by atoms with Gasteiger partial charge in [0.1, 0.15) is 6.61 Å². The van der Waals surface area contributed by atoms with Crippen molar-refractivity contribution in [2.75, 3.05) is 13.2 Å². The summed E-state index contributed by atoms with van der Waals surface area (Å²) in [7, 11) is -3.42. The van der Waals surface area contributed by atoms with E-state index in [4.69, 9.17) is 5.11 Å². The summed E-state index contributed by atoms with van der Waals surface area (Å²) in [6, 6.07) is 6.35. The maximum atomic E-state index is 12.0. The maximum absolute atomic E-state index is 12.0. The minimum atomic E-state index is -3.42. The molecule has 2 N–H and O–H groups in total. The first-order valence-corrected chi connectivity index (χ1v) is 8.29. The Labute approximate surface area is 120 Å². The lowest BCUT2D eigenvalue weighted by molar-refractivity contribution is 0.350. The second-order valence-electron chi connectivity index (χ2n) is 4.97. The van der Waals surface area contributed by atoms with Gasteiger partial charge in [-0.15, -0.1) is 0 Å². The Bertz CT molecular complexity index is 592. The molecule has 0 aliphatic heterocycles. The zero-order chi connectivity index (χ0) is 14.4. The van der Waals surface area contributed by atoms with Crippen LogP contribution in [-0.2, 0) is 10.0 Å². The number of sulfonamides is 1. The van der Waals surface area contributed by atoms with E-state index < -0.39 is 10.0 Å². The van der Waals surface area contributed by atoms with Crippen LogP contribution in [0.4, 0.5) is 0 Å². The van der Waals surface area contributed by atoms with E-state index in [1.807, 2.05) is 0 Å². The van der Waals surface area contributed by atoms with Crippen LogP contribution in [0.1, 0.15) is 31.2 Å². The van der Waals surface area contributed by atoms with E-state index in [9.17, 15) is 8.42 Å². The summed E-state index contributed by atoms with van der Waals surface area (Å²) in [5, 5.41) is 8.60.